The molecule has 1 heterocycles. The van der Waals surface area contributed by atoms with Crippen molar-refractivity contribution in [3.63, 3.8) is 0 Å². The lowest BCUT2D eigenvalue weighted by Crippen LogP contribution is -2.06. The molecular formula is C8H6Cl2N2O. The summed E-state index contributed by atoms with van der Waals surface area (Å²) >= 11 is 11.4. The summed E-state index contributed by atoms with van der Waals surface area (Å²) < 4.78 is 5.16. The number of alkyl halides is 1. The smallest absolute Gasteiger partial charge is 0.316 e. The molecule has 0 unspecified atom stereocenters. The first-order chi connectivity index (χ1) is 6.18. The molecule has 0 aromatic heterocycles. The predicted octanol–water partition coefficient (Wildman–Crippen LogP) is 3.17. The molecule has 1 aromatic rings. The van der Waals surface area contributed by atoms with Crippen LogP contribution in [0.25, 0.3) is 0 Å². The fraction of sp³-hybridized carbons (Fsp3) is 0.250. The average molecular weight is 217 g/mol. The van der Waals surface area contributed by atoms with E-state index in [2.05, 4.69) is 10.2 Å². The van der Waals surface area contributed by atoms with Crippen LogP contribution in [0.15, 0.2) is 34.5 Å². The zero-order valence-corrected chi connectivity index (χ0v) is 8.09. The van der Waals surface area contributed by atoms with Crippen LogP contribution in [0, 0.1) is 0 Å². The fourth-order valence-electron chi connectivity index (χ4n) is 0.853. The number of hydrogen-bond acceptors (Lipinski definition) is 3. The molecule has 1 aliphatic heterocycles. The summed E-state index contributed by atoms with van der Waals surface area (Å²) in [4.78, 5) is 0. The third kappa shape index (κ3) is 2.40. The quantitative estimate of drug-likeness (QED) is 0.565. The summed E-state index contributed by atoms with van der Waals surface area (Å²) in [6, 6.07) is 7.32. The summed E-state index contributed by atoms with van der Waals surface area (Å²) in [7, 11) is 0. The zero-order chi connectivity index (χ0) is 9.31. The van der Waals surface area contributed by atoms with Crippen LogP contribution < -0.4 is 0 Å². The van der Waals surface area contributed by atoms with E-state index in [4.69, 9.17) is 27.9 Å². The molecule has 68 valence electrons. The summed E-state index contributed by atoms with van der Waals surface area (Å²) in [5.74, 6) is 0. The molecule has 0 bridgehead atoms. The van der Waals surface area contributed by atoms with E-state index < -0.39 is 5.31 Å². The molecule has 0 spiro atoms. The lowest BCUT2D eigenvalue weighted by atomic mass is 10.2. The van der Waals surface area contributed by atoms with Gasteiger partial charge in [-0.05, 0) is 29.3 Å². The van der Waals surface area contributed by atoms with Gasteiger partial charge in [-0.1, -0.05) is 23.7 Å². The van der Waals surface area contributed by atoms with Crippen molar-refractivity contribution in [2.24, 2.45) is 10.2 Å². The molecule has 0 amide bonds. The van der Waals surface area contributed by atoms with E-state index in [9.17, 15) is 0 Å². The molecule has 0 saturated carbocycles. The van der Waals surface area contributed by atoms with Gasteiger partial charge >= 0.3 is 5.31 Å². The highest BCUT2D eigenvalue weighted by Crippen LogP contribution is 2.34. The van der Waals surface area contributed by atoms with Gasteiger partial charge in [0.25, 0.3) is 0 Å². The van der Waals surface area contributed by atoms with E-state index in [1.807, 2.05) is 12.1 Å². The fourth-order valence-corrected chi connectivity index (χ4v) is 1.07. The van der Waals surface area contributed by atoms with Crippen LogP contribution >= 0.6 is 23.2 Å². The van der Waals surface area contributed by atoms with Crippen molar-refractivity contribution in [3.8, 4) is 0 Å². The minimum Gasteiger partial charge on any atom is -0.316 e. The summed E-state index contributed by atoms with van der Waals surface area (Å²) in [5, 5.41) is 6.61. The standard InChI is InChI=1S/C8H6Cl2N2O/c9-7-3-1-6(2-4-7)5-13-8(10)11-12-8/h1-4H,5H2. The van der Waals surface area contributed by atoms with Crippen LogP contribution in [0.4, 0.5) is 0 Å². The van der Waals surface area contributed by atoms with Crippen LogP contribution in [0.1, 0.15) is 5.56 Å². The van der Waals surface area contributed by atoms with Crippen molar-refractivity contribution < 1.29 is 4.74 Å². The molecule has 0 atom stereocenters. The lowest BCUT2D eigenvalue weighted by Gasteiger charge is -2.04. The normalized spacial score (nSPS) is 17.4. The Bertz CT molecular complexity index is 331. The number of halogens is 2. The van der Waals surface area contributed by atoms with Gasteiger partial charge < -0.3 is 4.74 Å². The molecule has 0 N–H and O–H groups in total. The minimum atomic E-state index is -1.11. The first-order valence-corrected chi connectivity index (χ1v) is 4.45. The van der Waals surface area contributed by atoms with Gasteiger partial charge in [0.05, 0.1) is 6.61 Å². The average Bonchev–Trinajstić information content (AvgIpc) is 2.84. The van der Waals surface area contributed by atoms with Crippen molar-refractivity contribution >= 4 is 23.2 Å². The lowest BCUT2D eigenvalue weighted by molar-refractivity contribution is 0.0650. The van der Waals surface area contributed by atoms with Crippen molar-refractivity contribution in [1.29, 1.82) is 0 Å². The zero-order valence-electron chi connectivity index (χ0n) is 6.58. The van der Waals surface area contributed by atoms with Crippen LogP contribution in [-0.4, -0.2) is 5.31 Å². The Labute approximate surface area is 85.3 Å². The second kappa shape index (κ2) is 3.25. The number of hydrogen-bond donors (Lipinski definition) is 0. The van der Waals surface area contributed by atoms with Gasteiger partial charge in [0, 0.05) is 5.02 Å². The van der Waals surface area contributed by atoms with Crippen LogP contribution in [-0.2, 0) is 11.3 Å². The highest BCUT2D eigenvalue weighted by atomic mass is 35.5. The Balaban J connectivity index is 1.91. The van der Waals surface area contributed by atoms with E-state index in [0.29, 0.717) is 11.6 Å². The van der Waals surface area contributed by atoms with Crippen LogP contribution in [0.2, 0.25) is 5.02 Å². The summed E-state index contributed by atoms with van der Waals surface area (Å²) in [6.07, 6.45) is 0. The van der Waals surface area contributed by atoms with Gasteiger partial charge in [0.2, 0.25) is 0 Å². The van der Waals surface area contributed by atoms with E-state index in [1.165, 1.54) is 0 Å². The third-order valence-electron chi connectivity index (χ3n) is 1.59. The molecule has 1 aromatic carbocycles. The Kier molecular flexibility index (Phi) is 2.24. The molecule has 2 rings (SSSR count). The highest BCUT2D eigenvalue weighted by molar-refractivity contribution is 6.30. The third-order valence-corrected chi connectivity index (χ3v) is 2.11. The summed E-state index contributed by atoms with van der Waals surface area (Å²) in [5.41, 5.74) is 0.988. The number of rotatable bonds is 3. The molecule has 0 saturated heterocycles. The maximum absolute atomic E-state index is 5.71. The molecule has 0 fully saturated rings. The van der Waals surface area contributed by atoms with Crippen LogP contribution in [0.5, 0.6) is 0 Å². The predicted molar refractivity (Wildman–Crippen MR) is 49.7 cm³/mol. The van der Waals surface area contributed by atoms with Gasteiger partial charge in [0.15, 0.2) is 0 Å². The maximum atomic E-state index is 5.71. The van der Waals surface area contributed by atoms with Crippen molar-refractivity contribution in [2.75, 3.05) is 0 Å². The molecular weight excluding hydrogens is 211 g/mol. The second-order valence-electron chi connectivity index (χ2n) is 2.64. The van der Waals surface area contributed by atoms with Gasteiger partial charge in [-0.3, -0.25) is 0 Å². The maximum Gasteiger partial charge on any atom is 0.375 e. The molecule has 1 aliphatic rings. The minimum absolute atomic E-state index is 0.383. The number of benzene rings is 1. The van der Waals surface area contributed by atoms with E-state index in [-0.39, 0.29) is 0 Å². The Morgan fingerprint density at radius 1 is 1.23 bits per heavy atom. The van der Waals surface area contributed by atoms with Gasteiger partial charge in [-0.2, -0.15) is 0 Å². The first kappa shape index (κ1) is 8.94. The summed E-state index contributed by atoms with van der Waals surface area (Å²) in [6.45, 7) is 0.383. The van der Waals surface area contributed by atoms with E-state index in [0.717, 1.165) is 5.56 Å². The van der Waals surface area contributed by atoms with Crippen molar-refractivity contribution in [2.45, 2.75) is 11.9 Å². The molecule has 3 nitrogen and oxygen atoms in total. The van der Waals surface area contributed by atoms with Crippen molar-refractivity contribution in [3.05, 3.63) is 34.9 Å². The SMILES string of the molecule is Clc1ccc(COC2(Cl)N=N2)cc1. The van der Waals surface area contributed by atoms with Crippen LogP contribution in [0.3, 0.4) is 0 Å². The monoisotopic (exact) mass is 216 g/mol. The van der Waals surface area contributed by atoms with Gasteiger partial charge in [-0.15, -0.1) is 10.2 Å². The largest absolute Gasteiger partial charge is 0.375 e. The first-order valence-electron chi connectivity index (χ1n) is 3.69. The highest BCUT2D eigenvalue weighted by Gasteiger charge is 2.38. The topological polar surface area (TPSA) is 34.0 Å². The molecule has 0 aliphatic carbocycles. The van der Waals surface area contributed by atoms with E-state index in [1.54, 1.807) is 12.1 Å². The number of nitrogens with zero attached hydrogens (tertiary/aromatic N) is 2. The van der Waals surface area contributed by atoms with Gasteiger partial charge in [-0.25, -0.2) is 0 Å². The Hall–Kier alpha value is -0.640. The Morgan fingerprint density at radius 2 is 1.85 bits per heavy atom. The van der Waals surface area contributed by atoms with Gasteiger partial charge in [0.1, 0.15) is 0 Å². The molecule has 13 heavy (non-hydrogen) atoms. The second-order valence-corrected chi connectivity index (χ2v) is 3.57. The Morgan fingerprint density at radius 3 is 2.38 bits per heavy atom. The number of ether oxygens (including phenoxy) is 1. The molecule has 5 heteroatoms. The van der Waals surface area contributed by atoms with Crippen molar-refractivity contribution in [1.82, 2.24) is 0 Å². The molecule has 0 radical (unpaired) electrons. The van der Waals surface area contributed by atoms with E-state index >= 15 is 0 Å².